The standard InChI is InChI=1S/C19H33N3O3.C7H5NO/c1-19(2,3)25-18(24)22-12-5-9-16(22)17(23)21-11-6-10-20(13-14-21)15-7-4-8-15;8-5-6-1-3-7(9)4-2-6/h15-16H,4-14H2,1-3H3;1-4,9H/t16-;/m1./s1. The number of phenols is 1. The maximum absolute atomic E-state index is 13.1. The number of nitriles is 1. The van der Waals surface area contributed by atoms with Gasteiger partial charge in [-0.2, -0.15) is 5.26 Å². The molecule has 0 unspecified atom stereocenters. The Hall–Kier alpha value is -2.79. The number of hydrogen-bond donors (Lipinski definition) is 1. The molecule has 1 aliphatic carbocycles. The van der Waals surface area contributed by atoms with Gasteiger partial charge in [0.25, 0.3) is 0 Å². The van der Waals surface area contributed by atoms with Gasteiger partial charge < -0.3 is 14.7 Å². The van der Waals surface area contributed by atoms with E-state index in [4.69, 9.17) is 15.1 Å². The van der Waals surface area contributed by atoms with E-state index in [2.05, 4.69) is 4.90 Å². The van der Waals surface area contributed by atoms with Gasteiger partial charge in [-0.3, -0.25) is 14.6 Å². The maximum Gasteiger partial charge on any atom is 0.410 e. The molecule has 8 heteroatoms. The van der Waals surface area contributed by atoms with E-state index in [0.29, 0.717) is 12.1 Å². The van der Waals surface area contributed by atoms with Crippen molar-refractivity contribution in [1.29, 1.82) is 5.26 Å². The zero-order valence-corrected chi connectivity index (χ0v) is 20.7. The van der Waals surface area contributed by atoms with Crippen LogP contribution in [0.5, 0.6) is 5.75 Å². The summed E-state index contributed by atoms with van der Waals surface area (Å²) in [6.07, 6.45) is 6.26. The number of hydrogen-bond acceptors (Lipinski definition) is 6. The molecule has 3 fully saturated rings. The summed E-state index contributed by atoms with van der Waals surface area (Å²) in [4.78, 5) is 31.7. The van der Waals surface area contributed by atoms with Crippen molar-refractivity contribution in [3.05, 3.63) is 29.8 Å². The minimum Gasteiger partial charge on any atom is -0.508 e. The third-order valence-electron chi connectivity index (χ3n) is 6.60. The van der Waals surface area contributed by atoms with Gasteiger partial charge in [-0.05, 0) is 77.1 Å². The number of rotatable bonds is 2. The summed E-state index contributed by atoms with van der Waals surface area (Å²) in [6, 6.07) is 8.44. The largest absolute Gasteiger partial charge is 0.508 e. The smallest absolute Gasteiger partial charge is 0.410 e. The van der Waals surface area contributed by atoms with Gasteiger partial charge in [-0.25, -0.2) is 4.79 Å². The number of benzene rings is 1. The molecule has 2 amide bonds. The molecule has 0 radical (unpaired) electrons. The lowest BCUT2D eigenvalue weighted by atomic mass is 9.91. The highest BCUT2D eigenvalue weighted by atomic mass is 16.6. The summed E-state index contributed by atoms with van der Waals surface area (Å²) in [5.74, 6) is 0.299. The van der Waals surface area contributed by atoms with E-state index >= 15 is 0 Å². The van der Waals surface area contributed by atoms with Crippen LogP contribution in [0.25, 0.3) is 0 Å². The number of aromatic hydroxyl groups is 1. The SMILES string of the molecule is CC(C)(C)OC(=O)N1CCC[C@@H]1C(=O)N1CCCN(C2CCC2)CC1.N#Cc1ccc(O)cc1. The Balaban J connectivity index is 0.000000302. The molecule has 186 valence electrons. The molecule has 2 saturated heterocycles. The van der Waals surface area contributed by atoms with Crippen molar-refractivity contribution in [3.8, 4) is 11.8 Å². The van der Waals surface area contributed by atoms with Crippen molar-refractivity contribution in [3.63, 3.8) is 0 Å². The highest BCUT2D eigenvalue weighted by Crippen LogP contribution is 2.27. The molecule has 4 rings (SSSR count). The minimum absolute atomic E-state index is 0.110. The Bertz CT molecular complexity index is 870. The molecular formula is C26H38N4O4. The Morgan fingerprint density at radius 3 is 2.26 bits per heavy atom. The predicted molar refractivity (Wildman–Crippen MR) is 129 cm³/mol. The Morgan fingerprint density at radius 2 is 1.68 bits per heavy atom. The summed E-state index contributed by atoms with van der Waals surface area (Å²) in [5, 5.41) is 17.0. The van der Waals surface area contributed by atoms with Gasteiger partial charge in [0.15, 0.2) is 0 Å². The van der Waals surface area contributed by atoms with Crippen molar-refractivity contribution in [2.24, 2.45) is 0 Å². The molecule has 8 nitrogen and oxygen atoms in total. The molecule has 0 aromatic heterocycles. The molecule has 2 heterocycles. The van der Waals surface area contributed by atoms with Gasteiger partial charge in [-0.15, -0.1) is 0 Å². The van der Waals surface area contributed by atoms with E-state index in [0.717, 1.165) is 51.5 Å². The number of carbonyl (C=O) groups is 2. The van der Waals surface area contributed by atoms with Crippen LogP contribution in [0, 0.1) is 11.3 Å². The maximum atomic E-state index is 13.1. The molecule has 0 spiro atoms. The zero-order valence-electron chi connectivity index (χ0n) is 20.7. The molecule has 3 aliphatic rings. The molecule has 1 saturated carbocycles. The van der Waals surface area contributed by atoms with Gasteiger partial charge in [-0.1, -0.05) is 6.42 Å². The van der Waals surface area contributed by atoms with Crippen LogP contribution in [-0.4, -0.2) is 82.2 Å². The van der Waals surface area contributed by atoms with E-state index in [1.807, 2.05) is 31.7 Å². The summed E-state index contributed by atoms with van der Waals surface area (Å²) >= 11 is 0. The van der Waals surface area contributed by atoms with Gasteiger partial charge in [0.05, 0.1) is 11.6 Å². The van der Waals surface area contributed by atoms with Crippen molar-refractivity contribution in [2.45, 2.75) is 77.0 Å². The third-order valence-corrected chi connectivity index (χ3v) is 6.60. The molecular weight excluding hydrogens is 432 g/mol. The normalized spacial score (nSPS) is 21.5. The molecule has 1 atom stereocenters. The second-order valence-electron chi connectivity index (χ2n) is 10.3. The van der Waals surface area contributed by atoms with Crippen LogP contribution < -0.4 is 0 Å². The molecule has 2 aliphatic heterocycles. The summed E-state index contributed by atoms with van der Waals surface area (Å²) in [5.41, 5.74) is 0.0342. The molecule has 1 N–H and O–H groups in total. The first-order valence-electron chi connectivity index (χ1n) is 12.4. The third kappa shape index (κ3) is 7.10. The second kappa shape index (κ2) is 11.6. The number of amides is 2. The van der Waals surface area contributed by atoms with Crippen molar-refractivity contribution in [2.75, 3.05) is 32.7 Å². The van der Waals surface area contributed by atoms with Crippen LogP contribution in [0.15, 0.2) is 24.3 Å². The Labute approximate surface area is 203 Å². The van der Waals surface area contributed by atoms with Crippen molar-refractivity contribution >= 4 is 12.0 Å². The molecule has 0 bridgehead atoms. The fourth-order valence-electron chi connectivity index (χ4n) is 4.58. The number of carbonyl (C=O) groups excluding carboxylic acids is 2. The minimum atomic E-state index is -0.529. The van der Waals surface area contributed by atoms with Crippen LogP contribution in [0.3, 0.4) is 0 Å². The molecule has 34 heavy (non-hydrogen) atoms. The lowest BCUT2D eigenvalue weighted by Gasteiger charge is -2.37. The molecule has 1 aromatic carbocycles. The van der Waals surface area contributed by atoms with Crippen LogP contribution in [0.2, 0.25) is 0 Å². The number of ether oxygens (including phenoxy) is 1. The fourth-order valence-corrected chi connectivity index (χ4v) is 4.58. The molecule has 1 aromatic rings. The quantitative estimate of drug-likeness (QED) is 0.707. The van der Waals surface area contributed by atoms with E-state index < -0.39 is 5.60 Å². The Morgan fingerprint density at radius 1 is 0.971 bits per heavy atom. The van der Waals surface area contributed by atoms with Gasteiger partial charge >= 0.3 is 6.09 Å². The van der Waals surface area contributed by atoms with Gasteiger partial charge in [0.1, 0.15) is 17.4 Å². The fraction of sp³-hybridized carbons (Fsp3) is 0.654. The average Bonchev–Trinajstić information content (AvgIpc) is 3.12. The lowest BCUT2D eigenvalue weighted by molar-refractivity contribution is -0.135. The predicted octanol–water partition coefficient (Wildman–Crippen LogP) is 3.74. The first-order valence-corrected chi connectivity index (χ1v) is 12.4. The van der Waals surface area contributed by atoms with Crippen LogP contribution in [0.4, 0.5) is 4.79 Å². The lowest BCUT2D eigenvalue weighted by Crippen LogP contribution is -2.50. The average molecular weight is 471 g/mol. The Kier molecular flexibility index (Phi) is 8.78. The van der Waals surface area contributed by atoms with Crippen LogP contribution >= 0.6 is 0 Å². The highest BCUT2D eigenvalue weighted by molar-refractivity contribution is 5.86. The van der Waals surface area contributed by atoms with E-state index in [1.54, 1.807) is 17.0 Å². The van der Waals surface area contributed by atoms with Crippen LogP contribution in [-0.2, 0) is 9.53 Å². The first kappa shape index (κ1) is 25.8. The van der Waals surface area contributed by atoms with E-state index in [9.17, 15) is 9.59 Å². The highest BCUT2D eigenvalue weighted by Gasteiger charge is 2.39. The van der Waals surface area contributed by atoms with Gasteiger partial charge in [0.2, 0.25) is 5.91 Å². The topological polar surface area (TPSA) is 97.1 Å². The van der Waals surface area contributed by atoms with E-state index in [-0.39, 0.29) is 23.8 Å². The van der Waals surface area contributed by atoms with E-state index in [1.165, 1.54) is 31.4 Å². The van der Waals surface area contributed by atoms with Crippen molar-refractivity contribution < 1.29 is 19.4 Å². The summed E-state index contributed by atoms with van der Waals surface area (Å²) in [6.45, 7) is 9.86. The van der Waals surface area contributed by atoms with Crippen LogP contribution in [0.1, 0.15) is 64.9 Å². The van der Waals surface area contributed by atoms with Gasteiger partial charge in [0, 0.05) is 38.8 Å². The number of likely N-dealkylation sites (tertiary alicyclic amines) is 1. The first-order chi connectivity index (χ1) is 16.2. The number of phenolic OH excluding ortho intramolecular Hbond substituents is 1. The summed E-state index contributed by atoms with van der Waals surface area (Å²) < 4.78 is 5.49. The second-order valence-corrected chi connectivity index (χ2v) is 10.3. The monoisotopic (exact) mass is 470 g/mol. The summed E-state index contributed by atoms with van der Waals surface area (Å²) in [7, 11) is 0. The van der Waals surface area contributed by atoms with Crippen molar-refractivity contribution in [1.82, 2.24) is 14.7 Å². The number of nitrogens with zero attached hydrogens (tertiary/aromatic N) is 4. The zero-order chi connectivity index (χ0) is 24.7.